The maximum Gasteiger partial charge on any atom is 0.233 e. The Morgan fingerprint density at radius 3 is 2.47 bits per heavy atom. The van der Waals surface area contributed by atoms with Crippen LogP contribution in [0.15, 0.2) is 43.9 Å². The third-order valence-electron chi connectivity index (χ3n) is 1.87. The quantitative estimate of drug-likeness (QED) is 0.651. The fourth-order valence-corrected chi connectivity index (χ4v) is 2.54. The van der Waals surface area contributed by atoms with Gasteiger partial charge in [-0.2, -0.15) is 0 Å². The predicted molar refractivity (Wildman–Crippen MR) is 73.8 cm³/mol. The number of pyridine rings is 1. The van der Waals surface area contributed by atoms with Crippen molar-refractivity contribution in [2.75, 3.05) is 0 Å². The van der Waals surface area contributed by atoms with Gasteiger partial charge in [-0.15, -0.1) is 0 Å². The number of hydrogen-bond donors (Lipinski definition) is 0. The van der Waals surface area contributed by atoms with E-state index in [9.17, 15) is 4.39 Å². The van der Waals surface area contributed by atoms with Gasteiger partial charge in [0.25, 0.3) is 0 Å². The third kappa shape index (κ3) is 3.26. The van der Waals surface area contributed by atoms with E-state index in [1.165, 1.54) is 12.1 Å². The van der Waals surface area contributed by atoms with Crippen molar-refractivity contribution in [1.29, 1.82) is 0 Å². The highest BCUT2D eigenvalue weighted by Crippen LogP contribution is 2.31. The van der Waals surface area contributed by atoms with Gasteiger partial charge in [0.05, 0.1) is 4.47 Å². The minimum Gasteiger partial charge on any atom is -0.435 e. The molecule has 0 fully saturated rings. The van der Waals surface area contributed by atoms with E-state index >= 15 is 0 Å². The fraction of sp³-hybridized carbons (Fsp3) is 0. The lowest BCUT2D eigenvalue weighted by Crippen LogP contribution is -1.92. The molecular formula is C11H5Br3FNO. The second-order valence-corrected chi connectivity index (χ2v) is 5.80. The van der Waals surface area contributed by atoms with E-state index in [1.807, 2.05) is 0 Å². The van der Waals surface area contributed by atoms with E-state index in [0.717, 1.165) is 4.47 Å². The number of hydrogen-bond acceptors (Lipinski definition) is 2. The zero-order valence-electron chi connectivity index (χ0n) is 8.25. The molecule has 0 aliphatic rings. The molecule has 0 aliphatic carbocycles. The molecular weight excluding hydrogens is 421 g/mol. The Bertz CT molecular complexity index is 513. The van der Waals surface area contributed by atoms with Crippen LogP contribution >= 0.6 is 47.8 Å². The summed E-state index contributed by atoms with van der Waals surface area (Å²) < 4.78 is 21.0. The van der Waals surface area contributed by atoms with E-state index < -0.39 is 5.82 Å². The summed E-state index contributed by atoms with van der Waals surface area (Å²) in [5, 5.41) is 0. The van der Waals surface area contributed by atoms with Crippen LogP contribution in [0.2, 0.25) is 0 Å². The van der Waals surface area contributed by atoms with Gasteiger partial charge >= 0.3 is 0 Å². The number of ether oxygens (including phenoxy) is 1. The SMILES string of the molecule is Fc1cc(Br)ccc1Oc1ncc(Br)cc1Br. The van der Waals surface area contributed by atoms with Crippen LogP contribution in [0, 0.1) is 5.82 Å². The molecule has 0 saturated heterocycles. The Kier molecular flexibility index (Phi) is 4.17. The fourth-order valence-electron chi connectivity index (χ4n) is 1.14. The van der Waals surface area contributed by atoms with Gasteiger partial charge in [0.15, 0.2) is 11.6 Å². The first-order valence-corrected chi connectivity index (χ1v) is 6.88. The lowest BCUT2D eigenvalue weighted by molar-refractivity contribution is 0.424. The maximum atomic E-state index is 13.5. The van der Waals surface area contributed by atoms with Crippen LogP contribution in [0.4, 0.5) is 4.39 Å². The van der Waals surface area contributed by atoms with Crippen molar-refractivity contribution < 1.29 is 9.13 Å². The van der Waals surface area contributed by atoms with Crippen molar-refractivity contribution in [1.82, 2.24) is 4.98 Å². The van der Waals surface area contributed by atoms with E-state index in [0.29, 0.717) is 14.8 Å². The summed E-state index contributed by atoms with van der Waals surface area (Å²) in [7, 11) is 0. The maximum absolute atomic E-state index is 13.5. The Balaban J connectivity index is 2.31. The van der Waals surface area contributed by atoms with Crippen LogP contribution in [0.3, 0.4) is 0 Å². The van der Waals surface area contributed by atoms with Crippen molar-refractivity contribution in [2.45, 2.75) is 0 Å². The molecule has 0 bridgehead atoms. The van der Waals surface area contributed by atoms with Gasteiger partial charge < -0.3 is 4.74 Å². The minimum atomic E-state index is -0.448. The lowest BCUT2D eigenvalue weighted by atomic mass is 10.3. The Hall–Kier alpha value is -0.460. The molecule has 88 valence electrons. The molecule has 0 atom stereocenters. The molecule has 0 amide bonds. The van der Waals surface area contributed by atoms with Crippen LogP contribution in [0.25, 0.3) is 0 Å². The summed E-state index contributed by atoms with van der Waals surface area (Å²) in [4.78, 5) is 4.04. The van der Waals surface area contributed by atoms with Gasteiger partial charge in [0.1, 0.15) is 0 Å². The molecule has 1 aromatic carbocycles. The molecule has 0 aliphatic heterocycles. The number of benzene rings is 1. The highest BCUT2D eigenvalue weighted by atomic mass is 79.9. The average Bonchev–Trinajstić information content (AvgIpc) is 2.25. The average molecular weight is 426 g/mol. The van der Waals surface area contributed by atoms with E-state index in [4.69, 9.17) is 4.74 Å². The topological polar surface area (TPSA) is 22.1 Å². The summed E-state index contributed by atoms with van der Waals surface area (Å²) in [6.07, 6.45) is 1.58. The van der Waals surface area contributed by atoms with Crippen molar-refractivity contribution in [3.8, 4) is 11.6 Å². The van der Waals surface area contributed by atoms with E-state index in [1.54, 1.807) is 18.3 Å². The summed E-state index contributed by atoms with van der Waals surface area (Å²) in [5.41, 5.74) is 0. The van der Waals surface area contributed by atoms with E-state index in [2.05, 4.69) is 52.8 Å². The zero-order chi connectivity index (χ0) is 12.4. The van der Waals surface area contributed by atoms with Gasteiger partial charge in [0.2, 0.25) is 5.88 Å². The molecule has 17 heavy (non-hydrogen) atoms. The van der Waals surface area contributed by atoms with Crippen molar-refractivity contribution in [2.24, 2.45) is 0 Å². The Labute approximate surface area is 123 Å². The first-order chi connectivity index (χ1) is 8.06. The normalized spacial score (nSPS) is 10.4. The predicted octanol–water partition coefficient (Wildman–Crippen LogP) is 5.30. The van der Waals surface area contributed by atoms with Crippen LogP contribution in [-0.2, 0) is 0 Å². The van der Waals surface area contributed by atoms with Crippen molar-refractivity contribution in [3.63, 3.8) is 0 Å². The third-order valence-corrected chi connectivity index (χ3v) is 3.37. The molecule has 0 spiro atoms. The monoisotopic (exact) mass is 423 g/mol. The Morgan fingerprint density at radius 2 is 1.82 bits per heavy atom. The highest BCUT2D eigenvalue weighted by Gasteiger charge is 2.09. The number of rotatable bonds is 2. The second-order valence-electron chi connectivity index (χ2n) is 3.12. The summed E-state index contributed by atoms with van der Waals surface area (Å²) in [5.74, 6) is -0.00543. The largest absolute Gasteiger partial charge is 0.435 e. The molecule has 0 saturated carbocycles. The molecule has 0 unspecified atom stereocenters. The van der Waals surface area contributed by atoms with Crippen LogP contribution in [0.1, 0.15) is 0 Å². The number of halogens is 4. The van der Waals surface area contributed by atoms with Crippen molar-refractivity contribution >= 4 is 47.8 Å². The molecule has 6 heteroatoms. The molecule has 1 heterocycles. The molecule has 2 rings (SSSR count). The molecule has 1 aromatic heterocycles. The standard InChI is InChI=1S/C11H5Br3FNO/c12-6-1-2-10(9(15)4-6)17-11-8(14)3-7(13)5-16-11/h1-5H. The summed E-state index contributed by atoms with van der Waals surface area (Å²) in [6.45, 7) is 0. The first-order valence-electron chi connectivity index (χ1n) is 4.50. The first kappa shape index (κ1) is 13.0. The van der Waals surface area contributed by atoms with Crippen LogP contribution in [-0.4, -0.2) is 4.98 Å². The number of nitrogens with zero attached hydrogens (tertiary/aromatic N) is 1. The lowest BCUT2D eigenvalue weighted by Gasteiger charge is -2.07. The molecule has 0 radical (unpaired) electrons. The molecule has 0 N–H and O–H groups in total. The smallest absolute Gasteiger partial charge is 0.233 e. The number of aromatic nitrogens is 1. The van der Waals surface area contributed by atoms with Crippen LogP contribution < -0.4 is 4.74 Å². The van der Waals surface area contributed by atoms with Gasteiger partial charge in [0, 0.05) is 15.1 Å². The zero-order valence-corrected chi connectivity index (χ0v) is 13.0. The van der Waals surface area contributed by atoms with Gasteiger partial charge in [-0.3, -0.25) is 0 Å². The van der Waals surface area contributed by atoms with Gasteiger partial charge in [-0.05, 0) is 56.1 Å². The van der Waals surface area contributed by atoms with Crippen LogP contribution in [0.5, 0.6) is 11.6 Å². The molecule has 2 aromatic rings. The minimum absolute atomic E-state index is 0.128. The second kappa shape index (κ2) is 5.46. The van der Waals surface area contributed by atoms with Crippen molar-refractivity contribution in [3.05, 3.63) is 49.7 Å². The van der Waals surface area contributed by atoms with Gasteiger partial charge in [-0.25, -0.2) is 9.37 Å². The summed E-state index contributed by atoms with van der Waals surface area (Å²) >= 11 is 9.75. The van der Waals surface area contributed by atoms with E-state index in [-0.39, 0.29) is 5.75 Å². The van der Waals surface area contributed by atoms with Gasteiger partial charge in [-0.1, -0.05) is 15.9 Å². The highest BCUT2D eigenvalue weighted by molar-refractivity contribution is 9.11. The summed E-state index contributed by atoms with van der Waals surface area (Å²) in [6, 6.07) is 6.35. The Morgan fingerprint density at radius 1 is 1.06 bits per heavy atom. The molecule has 2 nitrogen and oxygen atoms in total.